The number of hydrogen-bond donors (Lipinski definition) is 1. The van der Waals surface area contributed by atoms with Gasteiger partial charge in [0.15, 0.2) is 0 Å². The number of hydrogen-bond acceptors (Lipinski definition) is 2. The minimum atomic E-state index is 0.519. The third kappa shape index (κ3) is 4.46. The van der Waals surface area contributed by atoms with E-state index in [0.29, 0.717) is 10.8 Å². The zero-order valence-corrected chi connectivity index (χ0v) is 14.5. The molecule has 118 valence electrons. The van der Waals surface area contributed by atoms with Gasteiger partial charge in [-0.05, 0) is 68.5 Å². The van der Waals surface area contributed by atoms with Gasteiger partial charge in [-0.25, -0.2) is 0 Å². The predicted octanol–water partition coefficient (Wildman–Crippen LogP) is 3.91. The molecule has 0 bridgehead atoms. The Labute approximate surface area is 126 Å². The van der Waals surface area contributed by atoms with Gasteiger partial charge < -0.3 is 10.2 Å². The van der Waals surface area contributed by atoms with Gasteiger partial charge in [0.1, 0.15) is 0 Å². The lowest BCUT2D eigenvalue weighted by Gasteiger charge is -2.48. The quantitative estimate of drug-likeness (QED) is 0.768. The van der Waals surface area contributed by atoms with Crippen LogP contribution in [-0.4, -0.2) is 37.1 Å². The average molecular weight is 281 g/mol. The Morgan fingerprint density at radius 1 is 1.10 bits per heavy atom. The molecule has 2 nitrogen and oxygen atoms in total. The van der Waals surface area contributed by atoms with Crippen LogP contribution in [0.3, 0.4) is 0 Å². The molecule has 2 rings (SSSR count). The monoisotopic (exact) mass is 280 g/mol. The lowest BCUT2D eigenvalue weighted by Crippen LogP contribution is -2.45. The molecule has 1 N–H and O–H groups in total. The van der Waals surface area contributed by atoms with E-state index in [1.165, 1.54) is 58.3 Å². The molecule has 0 aromatic carbocycles. The Bertz CT molecular complexity index is 293. The highest BCUT2D eigenvalue weighted by atomic mass is 15.2. The summed E-state index contributed by atoms with van der Waals surface area (Å²) in [7, 11) is 0. The van der Waals surface area contributed by atoms with Crippen molar-refractivity contribution in [1.29, 1.82) is 0 Å². The van der Waals surface area contributed by atoms with E-state index in [4.69, 9.17) is 0 Å². The summed E-state index contributed by atoms with van der Waals surface area (Å²) < 4.78 is 0. The minimum absolute atomic E-state index is 0.519. The zero-order valence-electron chi connectivity index (χ0n) is 14.5. The van der Waals surface area contributed by atoms with Crippen LogP contribution in [0.5, 0.6) is 0 Å². The van der Waals surface area contributed by atoms with Gasteiger partial charge in [-0.15, -0.1) is 0 Å². The van der Waals surface area contributed by atoms with Gasteiger partial charge in [0.05, 0.1) is 0 Å². The van der Waals surface area contributed by atoms with Crippen molar-refractivity contribution in [3.8, 4) is 0 Å². The van der Waals surface area contributed by atoms with E-state index in [1.807, 2.05) is 0 Å². The SMILES string of the molecule is CCCNCC1CCN(C2CC(C)(C)CC(C)(C)C2)C1. The van der Waals surface area contributed by atoms with Crippen LogP contribution in [0.15, 0.2) is 0 Å². The molecule has 0 amide bonds. The Balaban J connectivity index is 1.86. The van der Waals surface area contributed by atoms with Gasteiger partial charge in [0.2, 0.25) is 0 Å². The predicted molar refractivity (Wildman–Crippen MR) is 88.0 cm³/mol. The molecule has 2 aliphatic rings. The molecule has 2 heteroatoms. The molecule has 1 saturated heterocycles. The van der Waals surface area contributed by atoms with Gasteiger partial charge >= 0.3 is 0 Å². The summed E-state index contributed by atoms with van der Waals surface area (Å²) in [5, 5.41) is 3.61. The molecule has 0 spiro atoms. The third-order valence-electron chi connectivity index (χ3n) is 5.23. The number of nitrogens with one attached hydrogen (secondary N) is 1. The van der Waals surface area contributed by atoms with Gasteiger partial charge in [-0.3, -0.25) is 0 Å². The van der Waals surface area contributed by atoms with E-state index in [1.54, 1.807) is 0 Å². The first kappa shape index (κ1) is 16.3. The molecule has 0 aromatic heterocycles. The van der Waals surface area contributed by atoms with Crippen LogP contribution in [0, 0.1) is 16.7 Å². The number of likely N-dealkylation sites (tertiary alicyclic amines) is 1. The fraction of sp³-hybridized carbons (Fsp3) is 1.00. The molecule has 1 atom stereocenters. The summed E-state index contributed by atoms with van der Waals surface area (Å²) in [6.07, 6.45) is 6.82. The van der Waals surface area contributed by atoms with Crippen LogP contribution in [-0.2, 0) is 0 Å². The summed E-state index contributed by atoms with van der Waals surface area (Å²) in [6, 6.07) is 0.824. The van der Waals surface area contributed by atoms with Gasteiger partial charge in [0, 0.05) is 12.6 Å². The van der Waals surface area contributed by atoms with E-state index >= 15 is 0 Å². The van der Waals surface area contributed by atoms with E-state index in [2.05, 4.69) is 44.8 Å². The summed E-state index contributed by atoms with van der Waals surface area (Å²) in [6.45, 7) is 17.2. The van der Waals surface area contributed by atoms with Crippen molar-refractivity contribution in [2.75, 3.05) is 26.2 Å². The first-order chi connectivity index (χ1) is 9.31. The van der Waals surface area contributed by atoms with Crippen LogP contribution in [0.25, 0.3) is 0 Å². The molecule has 1 aliphatic heterocycles. The summed E-state index contributed by atoms with van der Waals surface area (Å²) in [5.74, 6) is 0.884. The van der Waals surface area contributed by atoms with Crippen molar-refractivity contribution in [2.45, 2.75) is 72.8 Å². The maximum absolute atomic E-state index is 3.61. The summed E-state index contributed by atoms with van der Waals surface area (Å²) >= 11 is 0. The van der Waals surface area contributed by atoms with Crippen LogP contribution < -0.4 is 5.32 Å². The van der Waals surface area contributed by atoms with Crippen LogP contribution >= 0.6 is 0 Å². The topological polar surface area (TPSA) is 15.3 Å². The molecular weight excluding hydrogens is 244 g/mol. The molecule has 0 aromatic rings. The fourth-order valence-electron chi connectivity index (χ4n) is 4.89. The normalized spacial score (nSPS) is 30.8. The zero-order chi connectivity index (χ0) is 14.8. The third-order valence-corrected chi connectivity index (χ3v) is 5.23. The van der Waals surface area contributed by atoms with E-state index in [0.717, 1.165) is 12.0 Å². The Hall–Kier alpha value is -0.0800. The Kier molecular flexibility index (Phi) is 5.18. The highest BCUT2D eigenvalue weighted by Gasteiger charge is 2.41. The molecule has 1 unspecified atom stereocenters. The van der Waals surface area contributed by atoms with Crippen LogP contribution in [0.1, 0.15) is 66.7 Å². The van der Waals surface area contributed by atoms with Crippen LogP contribution in [0.4, 0.5) is 0 Å². The molecule has 20 heavy (non-hydrogen) atoms. The highest BCUT2D eigenvalue weighted by molar-refractivity contribution is 4.95. The van der Waals surface area contributed by atoms with Gasteiger partial charge in [-0.1, -0.05) is 34.6 Å². The smallest absolute Gasteiger partial charge is 0.0106 e. The Morgan fingerprint density at radius 2 is 1.75 bits per heavy atom. The van der Waals surface area contributed by atoms with Crippen molar-refractivity contribution in [3.63, 3.8) is 0 Å². The standard InChI is InChI=1S/C18H36N2/c1-6-8-19-12-15-7-9-20(13-15)16-10-17(2,3)14-18(4,5)11-16/h15-16,19H,6-14H2,1-5H3. The van der Waals surface area contributed by atoms with E-state index in [9.17, 15) is 0 Å². The van der Waals surface area contributed by atoms with Crippen molar-refractivity contribution in [1.82, 2.24) is 10.2 Å². The summed E-state index contributed by atoms with van der Waals surface area (Å²) in [4.78, 5) is 2.81. The summed E-state index contributed by atoms with van der Waals surface area (Å²) in [5.41, 5.74) is 1.04. The maximum atomic E-state index is 3.61. The maximum Gasteiger partial charge on any atom is 0.0106 e. The van der Waals surface area contributed by atoms with Crippen molar-refractivity contribution >= 4 is 0 Å². The molecule has 1 heterocycles. The fourth-order valence-corrected chi connectivity index (χ4v) is 4.89. The first-order valence-electron chi connectivity index (χ1n) is 8.76. The van der Waals surface area contributed by atoms with Crippen molar-refractivity contribution in [3.05, 3.63) is 0 Å². The number of rotatable bonds is 5. The van der Waals surface area contributed by atoms with E-state index < -0.39 is 0 Å². The van der Waals surface area contributed by atoms with Gasteiger partial charge in [-0.2, -0.15) is 0 Å². The molecule has 1 saturated carbocycles. The largest absolute Gasteiger partial charge is 0.316 e. The molecule has 2 fully saturated rings. The van der Waals surface area contributed by atoms with Gasteiger partial charge in [0.25, 0.3) is 0 Å². The second kappa shape index (κ2) is 6.36. The second-order valence-electron chi connectivity index (χ2n) is 8.92. The second-order valence-corrected chi connectivity index (χ2v) is 8.92. The molecular formula is C18H36N2. The van der Waals surface area contributed by atoms with Crippen LogP contribution in [0.2, 0.25) is 0 Å². The first-order valence-corrected chi connectivity index (χ1v) is 8.76. The van der Waals surface area contributed by atoms with E-state index in [-0.39, 0.29) is 0 Å². The number of nitrogens with zero attached hydrogens (tertiary/aromatic N) is 1. The van der Waals surface area contributed by atoms with Crippen molar-refractivity contribution in [2.24, 2.45) is 16.7 Å². The highest BCUT2D eigenvalue weighted by Crippen LogP contribution is 2.47. The Morgan fingerprint density at radius 3 is 2.35 bits per heavy atom. The molecule has 1 aliphatic carbocycles. The average Bonchev–Trinajstić information content (AvgIpc) is 2.74. The lowest BCUT2D eigenvalue weighted by atomic mass is 9.63. The molecule has 0 radical (unpaired) electrons. The lowest BCUT2D eigenvalue weighted by molar-refractivity contribution is 0.0330. The minimum Gasteiger partial charge on any atom is -0.316 e. The van der Waals surface area contributed by atoms with Crippen molar-refractivity contribution < 1.29 is 0 Å².